The molecule has 0 saturated carbocycles. The monoisotopic (exact) mass is 342 g/mol. The van der Waals surface area contributed by atoms with E-state index in [4.69, 9.17) is 0 Å². The van der Waals surface area contributed by atoms with E-state index in [0.717, 1.165) is 11.8 Å². The van der Waals surface area contributed by atoms with Gasteiger partial charge in [-0.2, -0.15) is 0 Å². The van der Waals surface area contributed by atoms with E-state index in [-0.39, 0.29) is 17.1 Å². The number of nitrogens with zero attached hydrogens (tertiary/aromatic N) is 3. The van der Waals surface area contributed by atoms with Crippen molar-refractivity contribution >= 4 is 17.4 Å². The lowest BCUT2D eigenvalue weighted by molar-refractivity contribution is -0.274. The highest BCUT2D eigenvalue weighted by Gasteiger charge is 2.32. The van der Waals surface area contributed by atoms with Crippen molar-refractivity contribution in [3.63, 3.8) is 0 Å². The zero-order chi connectivity index (χ0) is 16.4. The van der Waals surface area contributed by atoms with Crippen molar-refractivity contribution in [1.29, 1.82) is 0 Å². The third-order valence-electron chi connectivity index (χ3n) is 2.86. The number of H-pyrrole nitrogens is 1. The number of benzene rings is 1. The molecule has 0 spiro atoms. The number of thioether (sulfide) groups is 1. The Morgan fingerprint density at radius 2 is 2.04 bits per heavy atom. The lowest BCUT2D eigenvalue weighted by Gasteiger charge is -2.12. The van der Waals surface area contributed by atoms with Crippen LogP contribution in [0.4, 0.5) is 13.2 Å². The van der Waals surface area contributed by atoms with E-state index in [9.17, 15) is 18.0 Å². The summed E-state index contributed by atoms with van der Waals surface area (Å²) in [6.07, 6.45) is -1.75. The van der Waals surface area contributed by atoms with Gasteiger partial charge in [-0.1, -0.05) is 30.0 Å². The summed E-state index contributed by atoms with van der Waals surface area (Å²) in [5.41, 5.74) is 0.0823. The summed E-state index contributed by atoms with van der Waals surface area (Å²) < 4.78 is 42.6. The Labute approximate surface area is 131 Å². The van der Waals surface area contributed by atoms with Crippen LogP contribution in [0.15, 0.2) is 46.6 Å². The van der Waals surface area contributed by atoms with E-state index in [1.165, 1.54) is 28.8 Å². The summed E-state index contributed by atoms with van der Waals surface area (Å²) in [6.45, 7) is 0. The number of aromatic amines is 1. The zero-order valence-electron chi connectivity index (χ0n) is 11.4. The maximum atomic E-state index is 12.4. The SMILES string of the molecule is O=c1[nH]ccn2c(SCc3ccccc3OC(F)(F)F)nnc12. The molecule has 120 valence electrons. The van der Waals surface area contributed by atoms with E-state index in [2.05, 4.69) is 19.9 Å². The van der Waals surface area contributed by atoms with Gasteiger partial charge in [0.2, 0.25) is 5.65 Å². The number of halogens is 3. The number of ether oxygens (including phenoxy) is 1. The van der Waals surface area contributed by atoms with Gasteiger partial charge in [0.05, 0.1) is 0 Å². The molecular weight excluding hydrogens is 333 g/mol. The van der Waals surface area contributed by atoms with Crippen LogP contribution >= 0.6 is 11.8 Å². The molecule has 23 heavy (non-hydrogen) atoms. The van der Waals surface area contributed by atoms with Crippen molar-refractivity contribution in [2.24, 2.45) is 0 Å². The van der Waals surface area contributed by atoms with Gasteiger partial charge in [0.25, 0.3) is 5.56 Å². The molecule has 0 bridgehead atoms. The van der Waals surface area contributed by atoms with Crippen LogP contribution < -0.4 is 10.3 Å². The number of aromatic nitrogens is 4. The normalized spacial score (nSPS) is 11.8. The van der Waals surface area contributed by atoms with Gasteiger partial charge in [-0.3, -0.25) is 9.20 Å². The Bertz CT molecular complexity index is 891. The Kier molecular flexibility index (Phi) is 3.99. The quantitative estimate of drug-likeness (QED) is 0.738. The summed E-state index contributed by atoms with van der Waals surface area (Å²) in [6, 6.07) is 5.85. The molecule has 0 fully saturated rings. The summed E-state index contributed by atoms with van der Waals surface area (Å²) in [5, 5.41) is 8.01. The third kappa shape index (κ3) is 3.47. The van der Waals surface area contributed by atoms with Gasteiger partial charge in [0.1, 0.15) is 5.75 Å². The second-order valence-electron chi connectivity index (χ2n) is 4.41. The minimum absolute atomic E-state index is 0.120. The summed E-state index contributed by atoms with van der Waals surface area (Å²) in [5.74, 6) is -0.0843. The van der Waals surface area contributed by atoms with Gasteiger partial charge in [0, 0.05) is 23.7 Å². The van der Waals surface area contributed by atoms with E-state index in [0.29, 0.717) is 10.7 Å². The molecule has 0 radical (unpaired) electrons. The van der Waals surface area contributed by atoms with Gasteiger partial charge < -0.3 is 9.72 Å². The molecule has 0 aliphatic rings. The highest BCUT2D eigenvalue weighted by Crippen LogP contribution is 2.30. The van der Waals surface area contributed by atoms with Crippen LogP contribution in [0.1, 0.15) is 5.56 Å². The standard InChI is InChI=1S/C13H9F3N4O2S/c14-13(15,16)22-9-4-2-1-3-8(9)7-23-12-19-18-10-11(21)17-5-6-20(10)12/h1-6H,7H2,(H,17,21). The fraction of sp³-hybridized carbons (Fsp3) is 0.154. The van der Waals surface area contributed by atoms with Crippen molar-refractivity contribution in [3.05, 3.63) is 52.6 Å². The smallest absolute Gasteiger partial charge is 0.405 e. The lowest BCUT2D eigenvalue weighted by atomic mass is 10.2. The summed E-state index contributed by atoms with van der Waals surface area (Å²) >= 11 is 1.15. The van der Waals surface area contributed by atoms with Crippen molar-refractivity contribution in [3.8, 4) is 5.75 Å². The molecule has 0 atom stereocenters. The first-order valence-electron chi connectivity index (χ1n) is 6.33. The van der Waals surface area contributed by atoms with Crippen LogP contribution in [0.5, 0.6) is 5.75 Å². The van der Waals surface area contributed by atoms with E-state index >= 15 is 0 Å². The van der Waals surface area contributed by atoms with Gasteiger partial charge in [-0.05, 0) is 6.07 Å². The molecule has 0 unspecified atom stereocenters. The zero-order valence-corrected chi connectivity index (χ0v) is 12.2. The minimum Gasteiger partial charge on any atom is -0.405 e. The largest absolute Gasteiger partial charge is 0.573 e. The van der Waals surface area contributed by atoms with E-state index in [1.807, 2.05) is 0 Å². The molecule has 3 aromatic rings. The number of fused-ring (bicyclic) bond motifs is 1. The molecule has 0 amide bonds. The van der Waals surface area contributed by atoms with E-state index < -0.39 is 11.9 Å². The van der Waals surface area contributed by atoms with Gasteiger partial charge in [-0.15, -0.1) is 23.4 Å². The van der Waals surface area contributed by atoms with Crippen LogP contribution in [0, 0.1) is 0 Å². The topological polar surface area (TPSA) is 72.3 Å². The Morgan fingerprint density at radius 3 is 2.83 bits per heavy atom. The lowest BCUT2D eigenvalue weighted by Crippen LogP contribution is -2.18. The van der Waals surface area contributed by atoms with E-state index in [1.54, 1.807) is 12.3 Å². The maximum Gasteiger partial charge on any atom is 0.573 e. The Hall–Kier alpha value is -2.49. The molecule has 1 aromatic carbocycles. The number of alkyl halides is 3. The molecule has 0 aliphatic carbocycles. The molecule has 2 aromatic heterocycles. The highest BCUT2D eigenvalue weighted by molar-refractivity contribution is 7.98. The van der Waals surface area contributed by atoms with Crippen molar-refractivity contribution in [2.45, 2.75) is 17.3 Å². The summed E-state index contributed by atoms with van der Waals surface area (Å²) in [7, 11) is 0. The number of para-hydroxylation sites is 1. The number of rotatable bonds is 4. The number of hydrogen-bond donors (Lipinski definition) is 1. The molecule has 1 N–H and O–H groups in total. The first-order chi connectivity index (χ1) is 10.9. The van der Waals surface area contributed by atoms with Crippen LogP contribution in [0.3, 0.4) is 0 Å². The van der Waals surface area contributed by atoms with Crippen molar-refractivity contribution in [2.75, 3.05) is 0 Å². The van der Waals surface area contributed by atoms with Crippen LogP contribution in [-0.4, -0.2) is 25.9 Å². The highest BCUT2D eigenvalue weighted by atomic mass is 32.2. The molecule has 6 nitrogen and oxygen atoms in total. The molecule has 0 aliphatic heterocycles. The molecule has 2 heterocycles. The predicted molar refractivity (Wildman–Crippen MR) is 76.3 cm³/mol. The summed E-state index contributed by atoms with van der Waals surface area (Å²) in [4.78, 5) is 14.0. The molecule has 10 heteroatoms. The average Bonchev–Trinajstić information content (AvgIpc) is 2.89. The molecule has 3 rings (SSSR count). The third-order valence-corrected chi connectivity index (χ3v) is 3.85. The Morgan fingerprint density at radius 1 is 1.26 bits per heavy atom. The molecule has 0 saturated heterocycles. The fourth-order valence-electron chi connectivity index (χ4n) is 1.91. The number of nitrogens with one attached hydrogen (secondary N) is 1. The Balaban J connectivity index is 1.83. The first-order valence-corrected chi connectivity index (χ1v) is 7.31. The average molecular weight is 342 g/mol. The second kappa shape index (κ2) is 5.95. The van der Waals surface area contributed by atoms with Gasteiger partial charge in [0.15, 0.2) is 5.16 Å². The maximum absolute atomic E-state index is 12.4. The number of hydrogen-bond acceptors (Lipinski definition) is 5. The van der Waals surface area contributed by atoms with Crippen LogP contribution in [0.2, 0.25) is 0 Å². The van der Waals surface area contributed by atoms with Crippen LogP contribution in [-0.2, 0) is 5.75 Å². The van der Waals surface area contributed by atoms with Crippen LogP contribution in [0.25, 0.3) is 5.65 Å². The van der Waals surface area contributed by atoms with Crippen molar-refractivity contribution in [1.82, 2.24) is 19.6 Å². The van der Waals surface area contributed by atoms with Gasteiger partial charge in [-0.25, -0.2) is 0 Å². The predicted octanol–water partition coefficient (Wildman–Crippen LogP) is 2.61. The first kappa shape index (κ1) is 15.4. The fourth-order valence-corrected chi connectivity index (χ4v) is 2.81. The van der Waals surface area contributed by atoms with Gasteiger partial charge >= 0.3 is 6.36 Å². The minimum atomic E-state index is -4.75. The second-order valence-corrected chi connectivity index (χ2v) is 5.35. The molecular formula is C13H9F3N4O2S. The van der Waals surface area contributed by atoms with Crippen molar-refractivity contribution < 1.29 is 17.9 Å².